The van der Waals surface area contributed by atoms with Crippen LogP contribution in [0.5, 0.6) is 0 Å². The largest absolute Gasteiger partial charge is 0.459 e. The van der Waals surface area contributed by atoms with Gasteiger partial charge in [0.15, 0.2) is 0 Å². The van der Waals surface area contributed by atoms with Gasteiger partial charge in [-0.15, -0.1) is 11.3 Å². The van der Waals surface area contributed by atoms with Gasteiger partial charge in [0, 0.05) is 13.1 Å². The summed E-state index contributed by atoms with van der Waals surface area (Å²) >= 11 is 1.14. The van der Waals surface area contributed by atoms with E-state index in [1.807, 2.05) is 0 Å². The van der Waals surface area contributed by atoms with Gasteiger partial charge in [-0.2, -0.15) is 0 Å². The monoisotopic (exact) mass is 439 g/mol. The minimum Gasteiger partial charge on any atom is -0.459 e. The molecule has 160 valence electrons. The van der Waals surface area contributed by atoms with Crippen molar-refractivity contribution >= 4 is 39.3 Å². The molecule has 1 aliphatic rings. The molecule has 4 rings (SSSR count). The van der Waals surface area contributed by atoms with E-state index in [2.05, 4.69) is 4.98 Å². The summed E-state index contributed by atoms with van der Waals surface area (Å²) in [7, 11) is 0. The Hall–Kier alpha value is -3.33. The van der Waals surface area contributed by atoms with E-state index >= 15 is 0 Å². The lowest BCUT2D eigenvalue weighted by molar-refractivity contribution is 0.0382. The number of hydrogen-bond acceptors (Lipinski definition) is 7. The number of amides is 2. The summed E-state index contributed by atoms with van der Waals surface area (Å²) in [6, 6.07) is 6.73. The second-order valence-electron chi connectivity index (χ2n) is 7.59. The lowest BCUT2D eigenvalue weighted by Crippen LogP contribution is -2.32. The normalized spacial score (nSPS) is 13.4. The topological polar surface area (TPSA) is 98.6 Å². The lowest BCUT2D eigenvalue weighted by Gasteiger charge is -2.14. The minimum absolute atomic E-state index is 0.200. The maximum absolute atomic E-state index is 13.0. The first-order valence-electron chi connectivity index (χ1n) is 9.94. The summed E-state index contributed by atoms with van der Waals surface area (Å²) in [5, 5.41) is 0.393. The molecule has 1 aliphatic heterocycles. The molecule has 8 nitrogen and oxygen atoms in total. The Bertz CT molecular complexity index is 1240. The average Bonchev–Trinajstić information content (AvgIpc) is 3.19. The van der Waals surface area contributed by atoms with Crippen LogP contribution < -0.4 is 5.56 Å². The third kappa shape index (κ3) is 3.65. The quantitative estimate of drug-likeness (QED) is 0.433. The summed E-state index contributed by atoms with van der Waals surface area (Å²) < 4.78 is 6.69. The molecule has 0 atom stereocenters. The van der Waals surface area contributed by atoms with E-state index < -0.39 is 5.97 Å². The zero-order valence-electron chi connectivity index (χ0n) is 17.4. The maximum atomic E-state index is 13.0. The minimum atomic E-state index is -0.466. The third-order valence-electron chi connectivity index (χ3n) is 5.10. The summed E-state index contributed by atoms with van der Waals surface area (Å²) in [5.41, 5.74) is 1.10. The smallest absolute Gasteiger partial charge is 0.348 e. The van der Waals surface area contributed by atoms with Crippen LogP contribution in [0.1, 0.15) is 56.2 Å². The molecule has 2 amide bonds. The van der Waals surface area contributed by atoms with Crippen molar-refractivity contribution in [2.24, 2.45) is 0 Å². The number of aryl methyl sites for hydroxylation is 2. The van der Waals surface area contributed by atoms with Gasteiger partial charge in [0.25, 0.3) is 17.4 Å². The van der Waals surface area contributed by atoms with Crippen molar-refractivity contribution < 1.29 is 19.1 Å². The molecule has 0 N–H and O–H groups in total. The fraction of sp³-hybridized carbons (Fsp3) is 0.318. The lowest BCUT2D eigenvalue weighted by atomic mass is 10.1. The molecule has 1 aromatic carbocycles. The molecule has 0 spiro atoms. The highest BCUT2D eigenvalue weighted by atomic mass is 32.1. The molecule has 0 aliphatic carbocycles. The summed E-state index contributed by atoms with van der Waals surface area (Å²) in [4.78, 5) is 56.6. The number of imide groups is 1. The molecule has 9 heteroatoms. The number of thiophene rings is 1. The first kappa shape index (κ1) is 20.9. The Morgan fingerprint density at radius 3 is 2.35 bits per heavy atom. The number of ether oxygens (including phenoxy) is 1. The Morgan fingerprint density at radius 1 is 1.10 bits per heavy atom. The van der Waals surface area contributed by atoms with Crippen LogP contribution >= 0.6 is 11.3 Å². The van der Waals surface area contributed by atoms with Crippen LogP contribution in [0.25, 0.3) is 10.2 Å². The maximum Gasteiger partial charge on any atom is 0.348 e. The van der Waals surface area contributed by atoms with E-state index in [0.717, 1.165) is 11.3 Å². The molecule has 0 fully saturated rings. The van der Waals surface area contributed by atoms with Crippen LogP contribution in [0.3, 0.4) is 0 Å². The molecule has 2 aromatic heterocycles. The van der Waals surface area contributed by atoms with Gasteiger partial charge in [0.2, 0.25) is 0 Å². The fourth-order valence-electron chi connectivity index (χ4n) is 3.62. The fourth-order valence-corrected chi connectivity index (χ4v) is 4.64. The van der Waals surface area contributed by atoms with Crippen LogP contribution in [-0.4, -0.2) is 44.9 Å². The molecule has 0 unspecified atom stereocenters. The van der Waals surface area contributed by atoms with Crippen molar-refractivity contribution in [3.8, 4) is 0 Å². The molecule has 3 aromatic rings. The standard InChI is InChI=1S/C22H21N3O5S/c1-12(2)30-22(29)17-13(3)16-18(31-17)23-11-24(21(16)28)9-6-10-25-19(26)14-7-4-5-8-15(14)20(25)27/h4-5,7-8,11-12H,6,9-10H2,1-3H3. The number of rotatable bonds is 6. The van der Waals surface area contributed by atoms with Gasteiger partial charge in [0.05, 0.1) is 28.9 Å². The van der Waals surface area contributed by atoms with Gasteiger partial charge in [0.1, 0.15) is 9.71 Å². The number of aromatic nitrogens is 2. The predicted octanol–water partition coefficient (Wildman–Crippen LogP) is 3.02. The van der Waals surface area contributed by atoms with Gasteiger partial charge in [-0.25, -0.2) is 9.78 Å². The molecule has 0 radical (unpaired) electrons. The zero-order chi connectivity index (χ0) is 22.3. The van der Waals surface area contributed by atoms with Crippen molar-refractivity contribution in [3.05, 3.63) is 62.5 Å². The Kier molecular flexibility index (Phi) is 5.45. The van der Waals surface area contributed by atoms with Gasteiger partial charge in [-0.1, -0.05) is 12.1 Å². The number of fused-ring (bicyclic) bond motifs is 2. The molecular formula is C22H21N3O5S. The van der Waals surface area contributed by atoms with Crippen LogP contribution in [-0.2, 0) is 11.3 Å². The number of hydrogen-bond donors (Lipinski definition) is 0. The number of carbonyl (C=O) groups excluding carboxylic acids is 3. The van der Waals surface area contributed by atoms with Crippen molar-refractivity contribution in [1.29, 1.82) is 0 Å². The zero-order valence-corrected chi connectivity index (χ0v) is 18.2. The highest BCUT2D eigenvalue weighted by Gasteiger charge is 2.34. The number of nitrogens with zero attached hydrogens (tertiary/aromatic N) is 3. The number of carbonyl (C=O) groups is 3. The summed E-state index contributed by atoms with van der Waals surface area (Å²) in [6.07, 6.45) is 1.58. The Morgan fingerprint density at radius 2 is 1.74 bits per heavy atom. The van der Waals surface area contributed by atoms with Crippen LogP contribution in [0.15, 0.2) is 35.4 Å². The first-order chi connectivity index (χ1) is 14.8. The van der Waals surface area contributed by atoms with Crippen molar-refractivity contribution in [2.45, 2.75) is 39.8 Å². The van der Waals surface area contributed by atoms with E-state index in [1.165, 1.54) is 15.8 Å². The van der Waals surface area contributed by atoms with Gasteiger partial charge >= 0.3 is 5.97 Å². The van der Waals surface area contributed by atoms with Crippen LogP contribution in [0.4, 0.5) is 0 Å². The molecule has 0 saturated carbocycles. The molecule has 31 heavy (non-hydrogen) atoms. The first-order valence-corrected chi connectivity index (χ1v) is 10.8. The summed E-state index contributed by atoms with van der Waals surface area (Å²) in [5.74, 6) is -1.10. The van der Waals surface area contributed by atoms with E-state index in [-0.39, 0.29) is 36.6 Å². The predicted molar refractivity (Wildman–Crippen MR) is 116 cm³/mol. The third-order valence-corrected chi connectivity index (χ3v) is 6.28. The molecule has 3 heterocycles. The Balaban J connectivity index is 1.51. The highest BCUT2D eigenvalue weighted by Crippen LogP contribution is 2.28. The molecule has 0 saturated heterocycles. The highest BCUT2D eigenvalue weighted by molar-refractivity contribution is 7.20. The summed E-state index contributed by atoms with van der Waals surface area (Å²) in [6.45, 7) is 5.73. The second kappa shape index (κ2) is 8.07. The molecular weight excluding hydrogens is 418 g/mol. The van der Waals surface area contributed by atoms with Crippen LogP contribution in [0.2, 0.25) is 0 Å². The average molecular weight is 439 g/mol. The molecule has 0 bridgehead atoms. The van der Waals surface area contributed by atoms with Crippen molar-refractivity contribution in [2.75, 3.05) is 6.54 Å². The van der Waals surface area contributed by atoms with Gasteiger partial charge in [-0.05, 0) is 44.9 Å². The number of benzene rings is 1. The van der Waals surface area contributed by atoms with Crippen LogP contribution in [0, 0.1) is 6.92 Å². The van der Waals surface area contributed by atoms with Gasteiger partial charge < -0.3 is 4.74 Å². The van der Waals surface area contributed by atoms with E-state index in [9.17, 15) is 19.2 Å². The van der Waals surface area contributed by atoms with E-state index in [1.54, 1.807) is 45.0 Å². The van der Waals surface area contributed by atoms with E-state index in [4.69, 9.17) is 4.74 Å². The Labute approximate surface area is 182 Å². The van der Waals surface area contributed by atoms with Gasteiger partial charge in [-0.3, -0.25) is 23.9 Å². The SMILES string of the molecule is Cc1c(C(=O)OC(C)C)sc2ncn(CCCN3C(=O)c4ccccc4C3=O)c(=O)c12. The second-order valence-corrected chi connectivity index (χ2v) is 8.59. The van der Waals surface area contributed by atoms with Crippen molar-refractivity contribution in [1.82, 2.24) is 14.5 Å². The van der Waals surface area contributed by atoms with Crippen molar-refractivity contribution in [3.63, 3.8) is 0 Å². The number of esters is 1. The van der Waals surface area contributed by atoms with E-state index in [0.29, 0.717) is 38.2 Å².